The van der Waals surface area contributed by atoms with Gasteiger partial charge in [-0.25, -0.2) is 9.37 Å². The lowest BCUT2D eigenvalue weighted by atomic mass is 9.90. The Kier molecular flexibility index (Phi) is 3.72. The van der Waals surface area contributed by atoms with E-state index in [2.05, 4.69) is 31.2 Å². The number of rotatable bonds is 2. The van der Waals surface area contributed by atoms with Gasteiger partial charge in [0.2, 0.25) is 0 Å². The summed E-state index contributed by atoms with van der Waals surface area (Å²) in [5, 5.41) is 14.9. The molecule has 0 radical (unpaired) electrons. The van der Waals surface area contributed by atoms with Crippen LogP contribution in [-0.4, -0.2) is 15.8 Å². The Hall–Kier alpha value is -1.82. The van der Waals surface area contributed by atoms with Crippen LogP contribution in [-0.2, 0) is 4.45 Å². The van der Waals surface area contributed by atoms with E-state index in [0.29, 0.717) is 10.7 Å². The van der Waals surface area contributed by atoms with Gasteiger partial charge in [0.05, 0.1) is 11.4 Å². The fraction of sp³-hybridized carbons (Fsp3) is 0.214. The molecule has 0 saturated heterocycles. The molecule has 3 rings (SSSR count). The first-order chi connectivity index (χ1) is 10.5. The number of nitrogens with two attached hydrogens (primary N) is 1. The van der Waals surface area contributed by atoms with Crippen LogP contribution in [0.4, 0.5) is 4.39 Å². The minimum Gasteiger partial charge on any atom is -0.362 e. The van der Waals surface area contributed by atoms with Gasteiger partial charge in [0.25, 0.3) is 0 Å². The van der Waals surface area contributed by atoms with Crippen molar-refractivity contribution in [2.75, 3.05) is 0 Å². The summed E-state index contributed by atoms with van der Waals surface area (Å²) in [6.45, 7) is 0. The molecule has 22 heavy (non-hydrogen) atoms. The third-order valence-electron chi connectivity index (χ3n) is 3.29. The SMILES string of the molecule is N#CC1=C(c2ccccn2)NC(Br)(c2nccs2)CC1(N)F. The number of thiazole rings is 1. The van der Waals surface area contributed by atoms with Crippen LogP contribution in [0.1, 0.15) is 17.1 Å². The first kappa shape index (κ1) is 15.1. The van der Waals surface area contributed by atoms with Gasteiger partial charge in [-0.3, -0.25) is 10.7 Å². The van der Waals surface area contributed by atoms with Crippen LogP contribution in [0.2, 0.25) is 0 Å². The Morgan fingerprint density at radius 3 is 2.82 bits per heavy atom. The number of aromatic nitrogens is 2. The van der Waals surface area contributed by atoms with Crippen LogP contribution >= 0.6 is 27.3 Å². The second kappa shape index (κ2) is 5.43. The van der Waals surface area contributed by atoms with Crippen LogP contribution in [0.15, 0.2) is 41.5 Å². The molecule has 3 N–H and O–H groups in total. The van der Waals surface area contributed by atoms with E-state index in [-0.39, 0.29) is 17.7 Å². The van der Waals surface area contributed by atoms with Crippen molar-refractivity contribution in [3.05, 3.63) is 52.2 Å². The number of hydrogen-bond donors (Lipinski definition) is 2. The molecule has 112 valence electrons. The number of alkyl halides is 2. The van der Waals surface area contributed by atoms with Crippen LogP contribution < -0.4 is 11.1 Å². The fourth-order valence-corrected chi connectivity index (χ4v) is 4.03. The van der Waals surface area contributed by atoms with E-state index in [9.17, 15) is 9.65 Å². The molecule has 0 saturated carbocycles. The largest absolute Gasteiger partial charge is 0.362 e. The number of hydrogen-bond acceptors (Lipinski definition) is 6. The first-order valence-corrected chi connectivity index (χ1v) is 8.05. The number of nitrogens with zero attached hydrogens (tertiary/aromatic N) is 3. The molecule has 2 unspecified atom stereocenters. The minimum absolute atomic E-state index is 0.160. The smallest absolute Gasteiger partial charge is 0.200 e. The zero-order valence-corrected chi connectivity index (χ0v) is 13.7. The summed E-state index contributed by atoms with van der Waals surface area (Å²) in [4.78, 5) is 8.40. The quantitative estimate of drug-likeness (QED) is 0.618. The second-order valence-electron chi connectivity index (χ2n) is 4.88. The molecule has 0 aromatic carbocycles. The van der Waals surface area contributed by atoms with Crippen molar-refractivity contribution in [3.63, 3.8) is 0 Å². The zero-order valence-electron chi connectivity index (χ0n) is 11.3. The van der Waals surface area contributed by atoms with Crippen molar-refractivity contribution in [3.8, 4) is 6.07 Å². The highest BCUT2D eigenvalue weighted by Crippen LogP contribution is 2.46. The maximum absolute atomic E-state index is 14.9. The summed E-state index contributed by atoms with van der Waals surface area (Å²) in [6, 6.07) is 7.06. The molecule has 0 aliphatic carbocycles. The van der Waals surface area contributed by atoms with Gasteiger partial charge in [-0.1, -0.05) is 22.0 Å². The third kappa shape index (κ3) is 2.52. The van der Waals surface area contributed by atoms with Gasteiger partial charge in [-0.15, -0.1) is 11.3 Å². The standard InChI is InChI=1S/C14H11BrFN5S/c15-13(12-20-5-6-22-12)8-14(16,18)9(7-17)11(21-13)10-3-1-2-4-19-10/h1-6,21H,8,18H2. The summed E-state index contributed by atoms with van der Waals surface area (Å²) in [7, 11) is 0. The molecule has 8 heteroatoms. The molecule has 0 spiro atoms. The zero-order chi connectivity index (χ0) is 15.8. The molecule has 5 nitrogen and oxygen atoms in total. The lowest BCUT2D eigenvalue weighted by molar-refractivity contribution is 0.175. The van der Waals surface area contributed by atoms with E-state index >= 15 is 0 Å². The highest BCUT2D eigenvalue weighted by molar-refractivity contribution is 9.09. The fourth-order valence-electron chi connectivity index (χ4n) is 2.36. The second-order valence-corrected chi connectivity index (χ2v) is 7.13. The van der Waals surface area contributed by atoms with Crippen molar-refractivity contribution in [1.82, 2.24) is 15.3 Å². The van der Waals surface area contributed by atoms with Crippen molar-refractivity contribution in [1.29, 1.82) is 5.26 Å². The topological polar surface area (TPSA) is 87.6 Å². The monoisotopic (exact) mass is 379 g/mol. The number of halogens is 2. The van der Waals surface area contributed by atoms with E-state index in [4.69, 9.17) is 5.73 Å². The van der Waals surface area contributed by atoms with Crippen LogP contribution in [0.25, 0.3) is 5.70 Å². The van der Waals surface area contributed by atoms with Crippen molar-refractivity contribution in [2.24, 2.45) is 5.73 Å². The summed E-state index contributed by atoms with van der Waals surface area (Å²) in [5.74, 6) is -2.29. The summed E-state index contributed by atoms with van der Waals surface area (Å²) >= 11 is 4.87. The first-order valence-electron chi connectivity index (χ1n) is 6.37. The Labute approximate surface area is 138 Å². The summed E-state index contributed by atoms with van der Waals surface area (Å²) < 4.78 is 13.9. The number of pyridine rings is 1. The van der Waals surface area contributed by atoms with E-state index in [1.165, 1.54) is 11.3 Å². The van der Waals surface area contributed by atoms with Crippen molar-refractivity contribution in [2.45, 2.75) is 16.7 Å². The summed E-state index contributed by atoms with van der Waals surface area (Å²) in [6.07, 6.45) is 3.04. The van der Waals surface area contributed by atoms with Crippen LogP contribution in [0.3, 0.4) is 0 Å². The number of nitriles is 1. The summed E-state index contributed by atoms with van der Waals surface area (Å²) in [5.41, 5.74) is 6.33. The van der Waals surface area contributed by atoms with Crippen molar-refractivity contribution >= 4 is 33.0 Å². The molecule has 0 fully saturated rings. The van der Waals surface area contributed by atoms with E-state index in [1.807, 2.05) is 6.07 Å². The normalized spacial score (nSPS) is 28.1. The van der Waals surface area contributed by atoms with Crippen LogP contribution in [0, 0.1) is 11.3 Å². The molecule has 2 aromatic rings. The lowest BCUT2D eigenvalue weighted by Gasteiger charge is -2.39. The molecule has 3 heterocycles. The Bertz CT molecular complexity index is 753. The van der Waals surface area contributed by atoms with Crippen molar-refractivity contribution < 1.29 is 4.39 Å². The molecule has 2 atom stereocenters. The number of nitrogens with one attached hydrogen (secondary N) is 1. The van der Waals surface area contributed by atoms with E-state index in [0.717, 1.165) is 0 Å². The predicted octanol–water partition coefficient (Wildman–Crippen LogP) is 2.64. The lowest BCUT2D eigenvalue weighted by Crippen LogP contribution is -2.53. The molecular formula is C14H11BrFN5S. The van der Waals surface area contributed by atoms with Gasteiger partial charge in [0, 0.05) is 24.2 Å². The van der Waals surface area contributed by atoms with Gasteiger partial charge in [-0.05, 0) is 12.1 Å². The minimum atomic E-state index is -2.29. The average molecular weight is 380 g/mol. The van der Waals surface area contributed by atoms with Gasteiger partial charge in [0.1, 0.15) is 16.6 Å². The molecule has 1 aliphatic heterocycles. The maximum atomic E-state index is 14.9. The Morgan fingerprint density at radius 1 is 1.41 bits per heavy atom. The van der Waals surface area contributed by atoms with Crippen LogP contribution in [0.5, 0.6) is 0 Å². The van der Waals surface area contributed by atoms with Gasteiger partial charge in [-0.2, -0.15) is 5.26 Å². The highest BCUT2D eigenvalue weighted by atomic mass is 79.9. The van der Waals surface area contributed by atoms with Gasteiger partial charge in [0.15, 0.2) is 10.2 Å². The molecule has 0 amide bonds. The third-order valence-corrected chi connectivity index (χ3v) is 5.35. The molecular weight excluding hydrogens is 369 g/mol. The molecule has 1 aliphatic rings. The van der Waals surface area contributed by atoms with Gasteiger partial charge >= 0.3 is 0 Å². The Morgan fingerprint density at radius 2 is 2.23 bits per heavy atom. The molecule has 2 aromatic heterocycles. The van der Waals surface area contributed by atoms with Gasteiger partial charge < -0.3 is 5.32 Å². The average Bonchev–Trinajstić information content (AvgIpc) is 3.01. The van der Waals surface area contributed by atoms with E-state index < -0.39 is 10.2 Å². The maximum Gasteiger partial charge on any atom is 0.200 e. The highest BCUT2D eigenvalue weighted by Gasteiger charge is 2.49. The molecule has 0 bridgehead atoms. The predicted molar refractivity (Wildman–Crippen MR) is 85.3 cm³/mol. The van der Waals surface area contributed by atoms with E-state index in [1.54, 1.807) is 36.0 Å². The Balaban J connectivity index is 2.16.